The minimum Gasteiger partial charge on any atom is -0.370 e. The molecule has 1 saturated heterocycles. The molecule has 2 heterocycles. The highest BCUT2D eigenvalue weighted by Crippen LogP contribution is 2.20. The smallest absolute Gasteiger partial charge is 0.268 e. The average Bonchev–Trinajstić information content (AvgIpc) is 2.41. The van der Waals surface area contributed by atoms with Crippen molar-refractivity contribution in [3.05, 3.63) is 22.6 Å². The van der Waals surface area contributed by atoms with Crippen LogP contribution in [-0.2, 0) is 6.54 Å². The summed E-state index contributed by atoms with van der Waals surface area (Å²) in [6.45, 7) is 6.35. The van der Waals surface area contributed by atoms with Crippen LogP contribution in [0.15, 0.2) is 17.1 Å². The largest absolute Gasteiger partial charge is 0.370 e. The van der Waals surface area contributed by atoms with Gasteiger partial charge in [-0.15, -0.1) is 0 Å². The molecule has 2 unspecified atom stereocenters. The number of rotatable bonds is 3. The molecule has 2 rings (SSSR count). The Bertz CT molecular complexity index is 531. The van der Waals surface area contributed by atoms with Gasteiger partial charge in [0.1, 0.15) is 0 Å². The van der Waals surface area contributed by atoms with E-state index in [0.717, 1.165) is 25.2 Å². The maximum Gasteiger partial charge on any atom is 0.268 e. The molecule has 1 fully saturated rings. The summed E-state index contributed by atoms with van der Waals surface area (Å²) in [5.41, 5.74) is 0.773. The third kappa shape index (κ3) is 3.34. The van der Waals surface area contributed by atoms with Crippen LogP contribution >= 0.6 is 0 Å². The first kappa shape index (κ1) is 13.6. The van der Waals surface area contributed by atoms with Crippen molar-refractivity contribution >= 4 is 5.69 Å². The minimum absolute atomic E-state index is 0.127. The van der Waals surface area contributed by atoms with Gasteiger partial charge in [-0.2, -0.15) is 10.4 Å². The van der Waals surface area contributed by atoms with E-state index in [0.29, 0.717) is 12.5 Å². The van der Waals surface area contributed by atoms with Crippen LogP contribution in [-0.4, -0.2) is 22.9 Å². The highest BCUT2D eigenvalue weighted by molar-refractivity contribution is 5.43. The fourth-order valence-electron chi connectivity index (χ4n) is 2.46. The van der Waals surface area contributed by atoms with E-state index in [2.05, 4.69) is 23.0 Å². The average molecular weight is 260 g/mol. The van der Waals surface area contributed by atoms with Crippen molar-refractivity contribution < 1.29 is 0 Å². The summed E-state index contributed by atoms with van der Waals surface area (Å²) in [5, 5.41) is 13.0. The standard InChI is InChI=1S/C14H20N4O/c1-11-4-3-5-17(9-11)13-6-14(19)18(16-8-13)10-12(2)7-15/h6,8,11-12H,3-5,9-10H2,1-2H3. The molecule has 1 aliphatic rings. The van der Waals surface area contributed by atoms with Crippen molar-refractivity contribution in [1.82, 2.24) is 9.78 Å². The first-order valence-corrected chi connectivity index (χ1v) is 6.82. The Labute approximate surface area is 113 Å². The molecule has 19 heavy (non-hydrogen) atoms. The molecular weight excluding hydrogens is 240 g/mol. The van der Waals surface area contributed by atoms with E-state index in [9.17, 15) is 4.79 Å². The zero-order chi connectivity index (χ0) is 13.8. The molecule has 1 aliphatic heterocycles. The normalized spacial score (nSPS) is 20.9. The lowest BCUT2D eigenvalue weighted by atomic mass is 10.00. The first-order chi connectivity index (χ1) is 9.10. The Morgan fingerprint density at radius 3 is 3.05 bits per heavy atom. The molecule has 1 aromatic rings. The second kappa shape index (κ2) is 5.87. The van der Waals surface area contributed by atoms with Gasteiger partial charge in [0.05, 0.1) is 30.4 Å². The number of hydrogen-bond acceptors (Lipinski definition) is 4. The molecule has 2 atom stereocenters. The van der Waals surface area contributed by atoms with Crippen molar-refractivity contribution in [2.45, 2.75) is 33.2 Å². The van der Waals surface area contributed by atoms with E-state index in [-0.39, 0.29) is 11.5 Å². The van der Waals surface area contributed by atoms with Crippen molar-refractivity contribution in [2.24, 2.45) is 11.8 Å². The van der Waals surface area contributed by atoms with E-state index in [1.165, 1.54) is 11.1 Å². The highest BCUT2D eigenvalue weighted by Gasteiger charge is 2.17. The zero-order valence-corrected chi connectivity index (χ0v) is 11.5. The van der Waals surface area contributed by atoms with Crippen molar-refractivity contribution in [2.75, 3.05) is 18.0 Å². The van der Waals surface area contributed by atoms with Gasteiger partial charge in [-0.3, -0.25) is 4.79 Å². The Hall–Kier alpha value is -1.83. The van der Waals surface area contributed by atoms with Crippen LogP contribution in [0.25, 0.3) is 0 Å². The van der Waals surface area contributed by atoms with Gasteiger partial charge in [-0.05, 0) is 25.7 Å². The predicted octanol–water partition coefficient (Wildman–Crippen LogP) is 1.64. The molecule has 0 N–H and O–H groups in total. The minimum atomic E-state index is -0.203. The number of nitriles is 1. The molecular formula is C14H20N4O. The number of aromatic nitrogens is 2. The maximum absolute atomic E-state index is 12.0. The molecule has 0 spiro atoms. The molecule has 0 aliphatic carbocycles. The highest BCUT2D eigenvalue weighted by atomic mass is 16.1. The zero-order valence-electron chi connectivity index (χ0n) is 11.5. The van der Waals surface area contributed by atoms with Gasteiger partial charge >= 0.3 is 0 Å². The Kier molecular flexibility index (Phi) is 4.20. The maximum atomic E-state index is 12.0. The summed E-state index contributed by atoms with van der Waals surface area (Å²) in [6.07, 6.45) is 4.15. The summed E-state index contributed by atoms with van der Waals surface area (Å²) >= 11 is 0. The quantitative estimate of drug-likeness (QED) is 0.829. The summed E-state index contributed by atoms with van der Waals surface area (Å²) in [7, 11) is 0. The molecule has 5 heteroatoms. The van der Waals surface area contributed by atoms with Gasteiger partial charge in [-0.25, -0.2) is 4.68 Å². The van der Waals surface area contributed by atoms with Crippen LogP contribution in [0.5, 0.6) is 0 Å². The van der Waals surface area contributed by atoms with E-state index < -0.39 is 0 Å². The second-order valence-corrected chi connectivity index (χ2v) is 5.46. The number of nitrogens with zero attached hydrogens (tertiary/aromatic N) is 4. The molecule has 1 aromatic heterocycles. The summed E-state index contributed by atoms with van der Waals surface area (Å²) in [6, 6.07) is 3.75. The van der Waals surface area contributed by atoms with Gasteiger partial charge < -0.3 is 4.90 Å². The predicted molar refractivity (Wildman–Crippen MR) is 73.9 cm³/mol. The SMILES string of the molecule is CC(C#N)Cn1ncc(N2CCCC(C)C2)cc1=O. The molecule has 0 aromatic carbocycles. The summed E-state index contributed by atoms with van der Waals surface area (Å²) < 4.78 is 1.37. The Balaban J connectivity index is 2.15. The molecule has 0 saturated carbocycles. The molecule has 102 valence electrons. The van der Waals surface area contributed by atoms with Gasteiger partial charge in [0.2, 0.25) is 0 Å². The van der Waals surface area contributed by atoms with E-state index in [1.807, 2.05) is 0 Å². The third-order valence-corrected chi connectivity index (χ3v) is 3.54. The first-order valence-electron chi connectivity index (χ1n) is 6.82. The van der Waals surface area contributed by atoms with E-state index in [1.54, 1.807) is 19.2 Å². The van der Waals surface area contributed by atoms with Crippen LogP contribution in [0.4, 0.5) is 5.69 Å². The molecule has 5 nitrogen and oxygen atoms in total. The number of piperidine rings is 1. The summed E-state index contributed by atoms with van der Waals surface area (Å²) in [4.78, 5) is 14.2. The van der Waals surface area contributed by atoms with Crippen molar-refractivity contribution in [3.8, 4) is 6.07 Å². The monoisotopic (exact) mass is 260 g/mol. The summed E-state index contributed by atoms with van der Waals surface area (Å²) in [5.74, 6) is 0.459. The molecule has 0 amide bonds. The Morgan fingerprint density at radius 1 is 1.63 bits per heavy atom. The Morgan fingerprint density at radius 2 is 2.42 bits per heavy atom. The van der Waals surface area contributed by atoms with Gasteiger partial charge in [0, 0.05) is 19.2 Å². The van der Waals surface area contributed by atoms with E-state index >= 15 is 0 Å². The van der Waals surface area contributed by atoms with Gasteiger partial charge in [0.15, 0.2) is 0 Å². The van der Waals surface area contributed by atoms with Crippen LogP contribution in [0, 0.1) is 23.2 Å². The molecule has 0 bridgehead atoms. The van der Waals surface area contributed by atoms with Crippen LogP contribution in [0.2, 0.25) is 0 Å². The second-order valence-electron chi connectivity index (χ2n) is 5.46. The van der Waals surface area contributed by atoms with Crippen LogP contribution in [0.1, 0.15) is 26.7 Å². The third-order valence-electron chi connectivity index (χ3n) is 3.54. The lowest BCUT2D eigenvalue weighted by Gasteiger charge is -2.32. The van der Waals surface area contributed by atoms with Crippen molar-refractivity contribution in [3.63, 3.8) is 0 Å². The van der Waals surface area contributed by atoms with Gasteiger partial charge in [-0.1, -0.05) is 6.92 Å². The lowest BCUT2D eigenvalue weighted by molar-refractivity contribution is 0.444. The van der Waals surface area contributed by atoms with Crippen LogP contribution in [0.3, 0.4) is 0 Å². The van der Waals surface area contributed by atoms with Crippen LogP contribution < -0.4 is 10.5 Å². The topological polar surface area (TPSA) is 61.9 Å². The fraction of sp³-hybridized carbons (Fsp3) is 0.643. The number of hydrogen-bond donors (Lipinski definition) is 0. The number of anilines is 1. The van der Waals surface area contributed by atoms with Crippen molar-refractivity contribution in [1.29, 1.82) is 5.26 Å². The lowest BCUT2D eigenvalue weighted by Crippen LogP contribution is -2.36. The van der Waals surface area contributed by atoms with E-state index in [4.69, 9.17) is 5.26 Å². The fourth-order valence-corrected chi connectivity index (χ4v) is 2.46. The van der Waals surface area contributed by atoms with Gasteiger partial charge in [0.25, 0.3) is 5.56 Å². The molecule has 0 radical (unpaired) electrons.